The van der Waals surface area contributed by atoms with E-state index in [0.29, 0.717) is 5.69 Å². The van der Waals surface area contributed by atoms with E-state index in [4.69, 9.17) is 0 Å². The number of anilines is 1. The van der Waals surface area contributed by atoms with E-state index in [0.717, 1.165) is 16.9 Å². The predicted molar refractivity (Wildman–Crippen MR) is 100 cm³/mol. The van der Waals surface area contributed by atoms with Crippen molar-refractivity contribution >= 4 is 29.4 Å². The minimum Gasteiger partial charge on any atom is -0.307 e. The molecular weight excluding hydrogens is 320 g/mol. The molecule has 24 heavy (non-hydrogen) atoms. The molecule has 0 unspecified atom stereocenters. The Morgan fingerprint density at radius 3 is 2.46 bits per heavy atom. The number of carbonyl (C=O) groups excluding carboxylic acids is 2. The Balaban J connectivity index is 1.77. The van der Waals surface area contributed by atoms with Crippen LogP contribution in [0.3, 0.4) is 0 Å². The average Bonchev–Trinajstić information content (AvgIpc) is 2.52. The van der Waals surface area contributed by atoms with Gasteiger partial charge in [0.15, 0.2) is 0 Å². The van der Waals surface area contributed by atoms with Gasteiger partial charge >= 0.3 is 6.03 Å². The monoisotopic (exact) mass is 342 g/mol. The highest BCUT2D eigenvalue weighted by molar-refractivity contribution is 7.99. The largest absolute Gasteiger partial charge is 0.325 e. The van der Waals surface area contributed by atoms with E-state index in [1.165, 1.54) is 22.9 Å². The number of thioether (sulfide) groups is 1. The van der Waals surface area contributed by atoms with Crippen LogP contribution in [0.15, 0.2) is 42.5 Å². The molecule has 0 saturated carbocycles. The normalized spacial score (nSPS) is 10.3. The first-order chi connectivity index (χ1) is 11.5. The zero-order valence-electron chi connectivity index (χ0n) is 14.2. The lowest BCUT2D eigenvalue weighted by molar-refractivity contribution is -0.117. The summed E-state index contributed by atoms with van der Waals surface area (Å²) in [6.45, 7) is 5.96. The second-order valence-electron chi connectivity index (χ2n) is 5.74. The fraction of sp³-hybridized carbons (Fsp3) is 0.263. The maximum absolute atomic E-state index is 11.9. The molecule has 0 heterocycles. The third-order valence-corrected chi connectivity index (χ3v) is 4.62. The molecule has 0 aliphatic rings. The molecule has 0 bridgehead atoms. The van der Waals surface area contributed by atoms with Gasteiger partial charge in [0.25, 0.3) is 0 Å². The van der Waals surface area contributed by atoms with Crippen molar-refractivity contribution in [1.82, 2.24) is 5.32 Å². The molecule has 0 aliphatic heterocycles. The SMILES string of the molecule is Cc1ccc(NC(=O)NC(=O)CSCc2ccccc2C)c(C)c1. The van der Waals surface area contributed by atoms with E-state index in [2.05, 4.69) is 10.6 Å². The van der Waals surface area contributed by atoms with E-state index in [9.17, 15) is 9.59 Å². The molecule has 0 spiro atoms. The summed E-state index contributed by atoms with van der Waals surface area (Å²) in [5, 5.41) is 5.07. The highest BCUT2D eigenvalue weighted by Crippen LogP contribution is 2.17. The van der Waals surface area contributed by atoms with Gasteiger partial charge in [0.05, 0.1) is 5.75 Å². The Labute approximate surface area is 147 Å². The van der Waals surface area contributed by atoms with Gasteiger partial charge in [0.2, 0.25) is 5.91 Å². The maximum Gasteiger partial charge on any atom is 0.325 e. The zero-order chi connectivity index (χ0) is 17.5. The van der Waals surface area contributed by atoms with Crippen molar-refractivity contribution in [1.29, 1.82) is 0 Å². The molecule has 2 aromatic carbocycles. The number of hydrogen-bond acceptors (Lipinski definition) is 3. The van der Waals surface area contributed by atoms with Crippen LogP contribution in [0.25, 0.3) is 0 Å². The third-order valence-electron chi connectivity index (χ3n) is 3.64. The van der Waals surface area contributed by atoms with Crippen LogP contribution in [0, 0.1) is 20.8 Å². The number of rotatable bonds is 5. The molecule has 0 fully saturated rings. The second-order valence-corrected chi connectivity index (χ2v) is 6.73. The summed E-state index contributed by atoms with van der Waals surface area (Å²) >= 11 is 1.49. The Kier molecular flexibility index (Phi) is 6.44. The summed E-state index contributed by atoms with van der Waals surface area (Å²) in [6.07, 6.45) is 0. The van der Waals surface area contributed by atoms with Crippen LogP contribution in [0.5, 0.6) is 0 Å². The molecule has 0 aromatic heterocycles. The summed E-state index contributed by atoms with van der Waals surface area (Å²) in [5.74, 6) is 0.698. The molecule has 4 nitrogen and oxygen atoms in total. The van der Waals surface area contributed by atoms with Gasteiger partial charge in [-0.15, -0.1) is 11.8 Å². The Hall–Kier alpha value is -2.27. The fourth-order valence-electron chi connectivity index (χ4n) is 2.30. The van der Waals surface area contributed by atoms with Crippen molar-refractivity contribution in [2.24, 2.45) is 0 Å². The lowest BCUT2D eigenvalue weighted by Crippen LogP contribution is -2.35. The smallest absolute Gasteiger partial charge is 0.307 e. The first-order valence-electron chi connectivity index (χ1n) is 7.76. The lowest BCUT2D eigenvalue weighted by Gasteiger charge is -2.10. The van der Waals surface area contributed by atoms with Crippen molar-refractivity contribution in [3.63, 3.8) is 0 Å². The average molecular weight is 342 g/mol. The fourth-order valence-corrected chi connectivity index (χ4v) is 3.20. The first-order valence-corrected chi connectivity index (χ1v) is 8.91. The molecule has 2 aromatic rings. The number of hydrogen-bond donors (Lipinski definition) is 2. The Morgan fingerprint density at radius 1 is 1.00 bits per heavy atom. The first kappa shape index (κ1) is 18.1. The Bertz CT molecular complexity index is 744. The number of imide groups is 1. The van der Waals surface area contributed by atoms with Crippen LogP contribution in [0.4, 0.5) is 10.5 Å². The number of benzene rings is 2. The number of carbonyl (C=O) groups is 2. The summed E-state index contributed by atoms with van der Waals surface area (Å²) in [7, 11) is 0. The van der Waals surface area contributed by atoms with Gasteiger partial charge in [-0.3, -0.25) is 10.1 Å². The van der Waals surface area contributed by atoms with E-state index in [-0.39, 0.29) is 11.7 Å². The molecule has 0 saturated heterocycles. The molecule has 2 rings (SSSR count). The molecule has 2 N–H and O–H groups in total. The summed E-state index contributed by atoms with van der Waals surface area (Å²) in [5.41, 5.74) is 5.21. The molecule has 0 radical (unpaired) electrons. The van der Waals surface area contributed by atoms with Crippen LogP contribution in [0.2, 0.25) is 0 Å². The van der Waals surface area contributed by atoms with Crippen LogP contribution in [-0.4, -0.2) is 17.7 Å². The third kappa shape index (κ3) is 5.42. The molecule has 5 heteroatoms. The minimum atomic E-state index is -0.497. The highest BCUT2D eigenvalue weighted by atomic mass is 32.2. The van der Waals surface area contributed by atoms with E-state index in [1.54, 1.807) is 0 Å². The van der Waals surface area contributed by atoms with Gasteiger partial charge in [-0.05, 0) is 43.5 Å². The molecular formula is C19H22N2O2S. The summed E-state index contributed by atoms with van der Waals surface area (Å²) < 4.78 is 0. The number of nitrogens with one attached hydrogen (secondary N) is 2. The van der Waals surface area contributed by atoms with E-state index >= 15 is 0 Å². The highest BCUT2D eigenvalue weighted by Gasteiger charge is 2.09. The van der Waals surface area contributed by atoms with Gasteiger partial charge in [0.1, 0.15) is 0 Å². The molecule has 0 atom stereocenters. The van der Waals surface area contributed by atoms with Crippen LogP contribution < -0.4 is 10.6 Å². The molecule has 0 aliphatic carbocycles. The second kappa shape index (κ2) is 8.55. The number of amides is 3. The summed E-state index contributed by atoms with van der Waals surface area (Å²) in [4.78, 5) is 23.8. The predicted octanol–water partition coefficient (Wildman–Crippen LogP) is 4.19. The van der Waals surface area contributed by atoms with Crippen LogP contribution in [-0.2, 0) is 10.5 Å². The van der Waals surface area contributed by atoms with Crippen molar-refractivity contribution < 1.29 is 9.59 Å². The minimum absolute atomic E-state index is 0.245. The van der Waals surface area contributed by atoms with E-state index < -0.39 is 6.03 Å². The summed E-state index contributed by atoms with van der Waals surface area (Å²) in [6, 6.07) is 13.3. The van der Waals surface area contributed by atoms with Crippen molar-refractivity contribution in [3.8, 4) is 0 Å². The number of urea groups is 1. The quantitative estimate of drug-likeness (QED) is 0.856. The Morgan fingerprint density at radius 2 is 1.75 bits per heavy atom. The van der Waals surface area contributed by atoms with E-state index in [1.807, 2.05) is 63.2 Å². The number of aryl methyl sites for hydroxylation is 3. The zero-order valence-corrected chi connectivity index (χ0v) is 15.0. The molecule has 126 valence electrons. The lowest BCUT2D eigenvalue weighted by atomic mass is 10.1. The van der Waals surface area contributed by atoms with Crippen molar-refractivity contribution in [2.75, 3.05) is 11.1 Å². The van der Waals surface area contributed by atoms with Gasteiger partial charge in [-0.2, -0.15) is 0 Å². The van der Waals surface area contributed by atoms with Crippen LogP contribution >= 0.6 is 11.8 Å². The van der Waals surface area contributed by atoms with Crippen LogP contribution in [0.1, 0.15) is 22.3 Å². The maximum atomic E-state index is 11.9. The topological polar surface area (TPSA) is 58.2 Å². The standard InChI is InChI=1S/C19H22N2O2S/c1-13-8-9-17(15(3)10-13)20-19(23)21-18(22)12-24-11-16-7-5-4-6-14(16)2/h4-10H,11-12H2,1-3H3,(H2,20,21,22,23). The van der Waals surface area contributed by atoms with Crippen molar-refractivity contribution in [2.45, 2.75) is 26.5 Å². The van der Waals surface area contributed by atoms with Gasteiger partial charge < -0.3 is 5.32 Å². The van der Waals surface area contributed by atoms with Gasteiger partial charge in [-0.1, -0.05) is 42.0 Å². The van der Waals surface area contributed by atoms with Gasteiger partial charge in [0, 0.05) is 11.4 Å². The molecule has 3 amide bonds. The van der Waals surface area contributed by atoms with Crippen molar-refractivity contribution in [3.05, 3.63) is 64.7 Å². The van der Waals surface area contributed by atoms with Gasteiger partial charge in [-0.25, -0.2) is 4.79 Å².